The molecule has 0 saturated carbocycles. The zero-order valence-corrected chi connectivity index (χ0v) is 36.5. The Morgan fingerprint density at radius 3 is 1.43 bits per heavy atom. The molecule has 6 heterocycles. The summed E-state index contributed by atoms with van der Waals surface area (Å²) in [6, 6.07) is 20.0. The van der Waals surface area contributed by atoms with Crippen LogP contribution in [-0.2, 0) is 39.3 Å². The highest BCUT2D eigenvalue weighted by molar-refractivity contribution is 6.62. The number of piperidine rings is 2. The molecule has 8 rings (SSSR count). The first-order valence-electron chi connectivity index (χ1n) is 21.0. The van der Waals surface area contributed by atoms with Crippen molar-refractivity contribution in [3.05, 3.63) is 127 Å². The number of nitrogens with one attached hydrogen (secondary N) is 1. The number of hydrogen-bond donors (Lipinski definition) is 1. The van der Waals surface area contributed by atoms with Crippen LogP contribution in [0.15, 0.2) is 91.6 Å². The van der Waals surface area contributed by atoms with E-state index in [1.165, 1.54) is 45.7 Å². The number of urea groups is 1. The maximum atomic E-state index is 12.5. The first-order chi connectivity index (χ1) is 29.4. The Hall–Kier alpha value is -5.15. The van der Waals surface area contributed by atoms with E-state index in [4.69, 9.17) is 29.9 Å². The van der Waals surface area contributed by atoms with Gasteiger partial charge < -0.3 is 38.3 Å². The number of rotatable bonds is 10. The van der Waals surface area contributed by atoms with Gasteiger partial charge in [-0.15, -0.1) is 0 Å². The molecule has 2 aromatic heterocycles. The normalized spacial score (nSPS) is 16.6. The number of amides is 3. The van der Waals surface area contributed by atoms with Crippen LogP contribution in [0.25, 0.3) is 0 Å². The zero-order valence-electron chi connectivity index (χ0n) is 35.8. The van der Waals surface area contributed by atoms with Crippen molar-refractivity contribution in [1.29, 1.82) is 0 Å². The molecule has 2 aromatic carbocycles. The lowest BCUT2D eigenvalue weighted by Crippen LogP contribution is -2.44. The van der Waals surface area contributed by atoms with Gasteiger partial charge >= 0.3 is 11.4 Å². The van der Waals surface area contributed by atoms with Crippen molar-refractivity contribution in [1.82, 2.24) is 29.8 Å². The minimum absolute atomic E-state index is 0.0479. The molecule has 1 N–H and O–H groups in total. The Morgan fingerprint density at radius 2 is 1.07 bits per heavy atom. The molecule has 3 amide bonds. The molecule has 0 spiro atoms. The average Bonchev–Trinajstić information content (AvgIpc) is 3.87. The molecule has 2 saturated heterocycles. The quantitative estimate of drug-likeness (QED) is 0.141. The Bertz CT molecular complexity index is 2130. The highest BCUT2D eigenvalue weighted by Crippen LogP contribution is 2.26. The SMILES string of the molecule is CN(C)C(=O)Cl.CN(C)C(=O)N1CCC(COc2coc(CN3Cc4ccccc4C3)cc2=O)CC1.O=c1cc(CN2Cc3ccccc3C2)occ1OCC1CCNCC1. The summed E-state index contributed by atoms with van der Waals surface area (Å²) in [5.74, 6) is 2.77. The maximum Gasteiger partial charge on any atom is 0.319 e. The van der Waals surface area contributed by atoms with Crippen LogP contribution in [0.2, 0.25) is 0 Å². The summed E-state index contributed by atoms with van der Waals surface area (Å²) in [6.45, 7) is 9.32. The van der Waals surface area contributed by atoms with E-state index in [0.29, 0.717) is 55.4 Å². The second kappa shape index (κ2) is 22.1. The summed E-state index contributed by atoms with van der Waals surface area (Å²) < 4.78 is 22.8. The van der Waals surface area contributed by atoms with Gasteiger partial charge in [0.1, 0.15) is 24.0 Å². The van der Waals surface area contributed by atoms with Crippen molar-refractivity contribution < 1.29 is 27.9 Å². The molecular weight excluding hydrogens is 800 g/mol. The van der Waals surface area contributed by atoms with Crippen molar-refractivity contribution in [2.75, 3.05) is 67.6 Å². The fourth-order valence-corrected chi connectivity index (χ4v) is 7.76. The third kappa shape index (κ3) is 13.4. The Labute approximate surface area is 362 Å². The van der Waals surface area contributed by atoms with Crippen LogP contribution in [0, 0.1) is 11.8 Å². The van der Waals surface area contributed by atoms with Crippen LogP contribution in [-0.4, -0.2) is 103 Å². The van der Waals surface area contributed by atoms with Gasteiger partial charge in [-0.25, -0.2) is 4.79 Å². The first-order valence-corrected chi connectivity index (χ1v) is 21.4. The Balaban J connectivity index is 0.000000182. The van der Waals surface area contributed by atoms with Crippen molar-refractivity contribution in [2.45, 2.75) is 65.0 Å². The minimum Gasteiger partial charge on any atom is -0.486 e. The largest absolute Gasteiger partial charge is 0.486 e. The molecule has 0 atom stereocenters. The molecule has 4 aliphatic heterocycles. The molecule has 328 valence electrons. The standard InChI is InChI=1S/C23H29N3O4.C20H24N2O3.C3H6ClNO/c1-24(2)23(28)26-9-7-17(8-10-26)15-30-22-16-29-20(11-21(22)27)14-25-12-18-5-3-4-6-19(18)13-25;23-19-9-18(12-22-10-16-3-1-2-4-17(16)11-22)24-14-20(19)25-13-15-5-7-21-8-6-15;1-5(2)3(4)6/h3-6,11,16-17H,7-10,12-15H2,1-2H3;1-4,9,14-15,21H,5-8,10-13H2;1-2H3. The molecule has 4 aromatic rings. The molecule has 0 bridgehead atoms. The highest BCUT2D eigenvalue weighted by atomic mass is 35.5. The monoisotopic (exact) mass is 858 g/mol. The average molecular weight is 859 g/mol. The predicted molar refractivity (Wildman–Crippen MR) is 234 cm³/mol. The summed E-state index contributed by atoms with van der Waals surface area (Å²) in [7, 11) is 6.72. The zero-order chi connectivity index (χ0) is 43.3. The van der Waals surface area contributed by atoms with E-state index in [9.17, 15) is 19.2 Å². The van der Waals surface area contributed by atoms with Gasteiger partial charge in [-0.3, -0.25) is 24.2 Å². The molecular formula is C46H59ClN6O8. The number of benzene rings is 2. The molecule has 0 unspecified atom stereocenters. The molecule has 2 fully saturated rings. The van der Waals surface area contributed by atoms with Crippen LogP contribution in [0.3, 0.4) is 0 Å². The summed E-state index contributed by atoms with van der Waals surface area (Å²) in [5.41, 5.74) is 5.13. The van der Waals surface area contributed by atoms with Gasteiger partial charge in [0.2, 0.25) is 22.4 Å². The van der Waals surface area contributed by atoms with Crippen molar-refractivity contribution in [3.8, 4) is 11.5 Å². The van der Waals surface area contributed by atoms with Gasteiger partial charge in [0.05, 0.1) is 26.3 Å². The van der Waals surface area contributed by atoms with Crippen molar-refractivity contribution >= 4 is 23.0 Å². The fourth-order valence-electron chi connectivity index (χ4n) is 7.76. The van der Waals surface area contributed by atoms with E-state index < -0.39 is 5.37 Å². The summed E-state index contributed by atoms with van der Waals surface area (Å²) in [4.78, 5) is 55.9. The third-order valence-electron chi connectivity index (χ3n) is 11.3. The van der Waals surface area contributed by atoms with Gasteiger partial charge in [-0.05, 0) is 84.5 Å². The van der Waals surface area contributed by atoms with E-state index >= 15 is 0 Å². The lowest BCUT2D eigenvalue weighted by atomic mass is 9.98. The number of hydrogen-bond acceptors (Lipinski definition) is 11. The van der Waals surface area contributed by atoms with Gasteiger partial charge in [0, 0.05) is 79.6 Å². The van der Waals surface area contributed by atoms with Gasteiger partial charge in [-0.1, -0.05) is 48.5 Å². The van der Waals surface area contributed by atoms with Crippen LogP contribution < -0.4 is 25.6 Å². The molecule has 14 nitrogen and oxygen atoms in total. The number of ether oxygens (including phenoxy) is 2. The fraction of sp³-hybridized carbons (Fsp3) is 0.478. The van der Waals surface area contributed by atoms with E-state index in [1.54, 1.807) is 39.2 Å². The van der Waals surface area contributed by atoms with Gasteiger partial charge in [0.25, 0.3) is 0 Å². The Kier molecular flexibility index (Phi) is 16.4. The predicted octanol–water partition coefficient (Wildman–Crippen LogP) is 6.37. The number of nitrogens with zero attached hydrogens (tertiary/aromatic N) is 5. The van der Waals surface area contributed by atoms with E-state index in [0.717, 1.165) is 78.0 Å². The third-order valence-corrected chi connectivity index (χ3v) is 11.6. The second-order valence-electron chi connectivity index (χ2n) is 16.5. The first kappa shape index (κ1) is 45.4. The summed E-state index contributed by atoms with van der Waals surface area (Å²) in [5, 5.41) is 2.90. The lowest BCUT2D eigenvalue weighted by molar-refractivity contribution is 0.128. The highest BCUT2D eigenvalue weighted by Gasteiger charge is 2.25. The van der Waals surface area contributed by atoms with Crippen LogP contribution in [0.4, 0.5) is 9.59 Å². The van der Waals surface area contributed by atoms with Crippen LogP contribution in [0.1, 0.15) is 59.5 Å². The van der Waals surface area contributed by atoms with Gasteiger partial charge in [-0.2, -0.15) is 0 Å². The number of halogens is 1. The summed E-state index contributed by atoms with van der Waals surface area (Å²) in [6.07, 6.45) is 6.85. The maximum absolute atomic E-state index is 12.5. The molecule has 61 heavy (non-hydrogen) atoms. The number of likely N-dealkylation sites (tertiary alicyclic amines) is 1. The van der Waals surface area contributed by atoms with E-state index in [-0.39, 0.29) is 22.6 Å². The van der Waals surface area contributed by atoms with E-state index in [1.807, 2.05) is 4.90 Å². The number of carbonyl (C=O) groups is 2. The molecule has 15 heteroatoms. The smallest absolute Gasteiger partial charge is 0.319 e. The lowest BCUT2D eigenvalue weighted by Gasteiger charge is -2.33. The van der Waals surface area contributed by atoms with Crippen molar-refractivity contribution in [2.24, 2.45) is 11.8 Å². The Morgan fingerprint density at radius 1 is 0.672 bits per heavy atom. The van der Waals surface area contributed by atoms with Crippen LogP contribution >= 0.6 is 11.6 Å². The number of carbonyl (C=O) groups excluding carboxylic acids is 2. The molecule has 0 radical (unpaired) electrons. The van der Waals surface area contributed by atoms with E-state index in [2.05, 4.69) is 63.6 Å². The van der Waals surface area contributed by atoms with Crippen molar-refractivity contribution in [3.63, 3.8) is 0 Å². The summed E-state index contributed by atoms with van der Waals surface area (Å²) >= 11 is 4.90. The number of fused-ring (bicyclic) bond motifs is 2. The topological polar surface area (TPSA) is 141 Å². The van der Waals surface area contributed by atoms with Crippen LogP contribution in [0.5, 0.6) is 11.5 Å². The molecule has 0 aliphatic carbocycles. The minimum atomic E-state index is -0.435. The molecule has 4 aliphatic rings. The second-order valence-corrected chi connectivity index (χ2v) is 16.9. The van der Waals surface area contributed by atoms with Gasteiger partial charge in [0.15, 0.2) is 0 Å².